The second-order valence-corrected chi connectivity index (χ2v) is 7.21. The van der Waals surface area contributed by atoms with Crippen LogP contribution in [0.1, 0.15) is 28.4 Å². The number of pyridine rings is 1. The molecule has 6 heteroatoms. The van der Waals surface area contributed by atoms with Crippen LogP contribution in [0.3, 0.4) is 0 Å². The first-order valence-corrected chi connectivity index (χ1v) is 9.50. The Bertz CT molecular complexity index is 1120. The van der Waals surface area contributed by atoms with Crippen LogP contribution in [0, 0.1) is 6.92 Å². The Kier molecular flexibility index (Phi) is 5.06. The fourth-order valence-electron chi connectivity index (χ4n) is 3.58. The van der Waals surface area contributed by atoms with Crippen LogP contribution in [0.5, 0.6) is 5.75 Å². The SMILES string of the molecule is Cc1ccc(/C(O)=C2\C(=O)C(=O)N(Cc3ccccn3)C2c2ccc(O)cc2)cc1. The maximum atomic E-state index is 13.0. The zero-order valence-corrected chi connectivity index (χ0v) is 16.3. The Morgan fingerprint density at radius 2 is 1.70 bits per heavy atom. The molecule has 0 saturated carbocycles. The quantitative estimate of drug-likeness (QED) is 0.396. The van der Waals surface area contributed by atoms with Crippen molar-refractivity contribution >= 4 is 17.4 Å². The molecule has 1 unspecified atom stereocenters. The number of rotatable bonds is 4. The summed E-state index contributed by atoms with van der Waals surface area (Å²) >= 11 is 0. The number of carbonyl (C=O) groups is 2. The number of aliphatic hydroxyl groups excluding tert-OH is 1. The molecule has 1 amide bonds. The normalized spacial score (nSPS) is 18.0. The molecular formula is C24H20N2O4. The summed E-state index contributed by atoms with van der Waals surface area (Å²) in [5, 5.41) is 20.6. The van der Waals surface area contributed by atoms with Gasteiger partial charge in [0.15, 0.2) is 0 Å². The van der Waals surface area contributed by atoms with Gasteiger partial charge in [0, 0.05) is 11.8 Å². The minimum Gasteiger partial charge on any atom is -0.508 e. The van der Waals surface area contributed by atoms with Gasteiger partial charge in [-0.3, -0.25) is 14.6 Å². The van der Waals surface area contributed by atoms with Gasteiger partial charge in [-0.05, 0) is 36.8 Å². The molecule has 150 valence electrons. The molecule has 0 spiro atoms. The van der Waals surface area contributed by atoms with Gasteiger partial charge in [0.25, 0.3) is 11.7 Å². The van der Waals surface area contributed by atoms with Crippen molar-refractivity contribution in [1.29, 1.82) is 0 Å². The number of carbonyl (C=O) groups excluding carboxylic acids is 2. The van der Waals surface area contributed by atoms with Gasteiger partial charge in [0.05, 0.1) is 23.9 Å². The smallest absolute Gasteiger partial charge is 0.296 e. The van der Waals surface area contributed by atoms with Crippen molar-refractivity contribution in [2.75, 3.05) is 0 Å². The molecule has 1 aliphatic rings. The van der Waals surface area contributed by atoms with Crippen molar-refractivity contribution < 1.29 is 19.8 Å². The van der Waals surface area contributed by atoms with Crippen LogP contribution in [-0.2, 0) is 16.1 Å². The Hall–Kier alpha value is -3.93. The molecule has 4 rings (SSSR count). The predicted octanol–water partition coefficient (Wildman–Crippen LogP) is 3.72. The number of aromatic nitrogens is 1. The first kappa shape index (κ1) is 19.4. The van der Waals surface area contributed by atoms with Crippen molar-refractivity contribution in [2.24, 2.45) is 0 Å². The first-order chi connectivity index (χ1) is 14.5. The molecule has 3 aromatic rings. The van der Waals surface area contributed by atoms with E-state index in [0.717, 1.165) is 5.56 Å². The van der Waals surface area contributed by atoms with E-state index in [2.05, 4.69) is 4.98 Å². The summed E-state index contributed by atoms with van der Waals surface area (Å²) in [6.45, 7) is 2.04. The van der Waals surface area contributed by atoms with E-state index in [4.69, 9.17) is 0 Å². The fraction of sp³-hybridized carbons (Fsp3) is 0.125. The van der Waals surface area contributed by atoms with Crippen LogP contribution >= 0.6 is 0 Å². The molecular weight excluding hydrogens is 380 g/mol. The summed E-state index contributed by atoms with van der Waals surface area (Å²) < 4.78 is 0. The molecule has 2 aromatic carbocycles. The van der Waals surface area contributed by atoms with E-state index < -0.39 is 17.7 Å². The van der Waals surface area contributed by atoms with Crippen molar-refractivity contribution in [1.82, 2.24) is 9.88 Å². The van der Waals surface area contributed by atoms with E-state index in [1.165, 1.54) is 17.0 Å². The Labute approximate surface area is 173 Å². The summed E-state index contributed by atoms with van der Waals surface area (Å²) in [5.41, 5.74) is 2.72. The highest BCUT2D eigenvalue weighted by molar-refractivity contribution is 6.46. The lowest BCUT2D eigenvalue weighted by Gasteiger charge is -2.25. The third-order valence-electron chi connectivity index (χ3n) is 5.13. The summed E-state index contributed by atoms with van der Waals surface area (Å²) in [6.07, 6.45) is 1.62. The summed E-state index contributed by atoms with van der Waals surface area (Å²) in [6, 6.07) is 17.9. The van der Waals surface area contributed by atoms with Crippen LogP contribution in [0.4, 0.5) is 0 Å². The van der Waals surface area contributed by atoms with E-state index >= 15 is 0 Å². The minimum absolute atomic E-state index is 0.0190. The number of aromatic hydroxyl groups is 1. The number of benzene rings is 2. The molecule has 1 fully saturated rings. The fourth-order valence-corrected chi connectivity index (χ4v) is 3.58. The van der Waals surface area contributed by atoms with E-state index in [0.29, 0.717) is 16.8 Å². The zero-order chi connectivity index (χ0) is 21.3. The number of hydrogen-bond acceptors (Lipinski definition) is 5. The molecule has 1 aliphatic heterocycles. The highest BCUT2D eigenvalue weighted by Gasteiger charge is 2.46. The topological polar surface area (TPSA) is 90.7 Å². The van der Waals surface area contributed by atoms with E-state index in [1.807, 2.05) is 19.1 Å². The van der Waals surface area contributed by atoms with Gasteiger partial charge in [-0.1, -0.05) is 48.0 Å². The lowest BCUT2D eigenvalue weighted by molar-refractivity contribution is -0.140. The number of nitrogens with zero attached hydrogens (tertiary/aromatic N) is 2. The monoisotopic (exact) mass is 400 g/mol. The average Bonchev–Trinajstić information content (AvgIpc) is 3.00. The first-order valence-electron chi connectivity index (χ1n) is 9.50. The number of aliphatic hydroxyl groups is 1. The number of ketones is 1. The average molecular weight is 400 g/mol. The molecule has 2 heterocycles. The van der Waals surface area contributed by atoms with Gasteiger partial charge < -0.3 is 15.1 Å². The largest absolute Gasteiger partial charge is 0.508 e. The highest BCUT2D eigenvalue weighted by atomic mass is 16.3. The Balaban J connectivity index is 1.85. The second kappa shape index (κ2) is 7.83. The van der Waals surface area contributed by atoms with E-state index in [-0.39, 0.29) is 23.6 Å². The second-order valence-electron chi connectivity index (χ2n) is 7.21. The van der Waals surface area contributed by atoms with Gasteiger partial charge in [-0.15, -0.1) is 0 Å². The third kappa shape index (κ3) is 3.55. The van der Waals surface area contributed by atoms with Crippen LogP contribution in [0.15, 0.2) is 78.5 Å². The Morgan fingerprint density at radius 1 is 1.00 bits per heavy atom. The number of aryl methyl sites for hydroxylation is 1. The molecule has 1 atom stereocenters. The van der Waals surface area contributed by atoms with Gasteiger partial charge in [0.2, 0.25) is 0 Å². The third-order valence-corrected chi connectivity index (χ3v) is 5.13. The van der Waals surface area contributed by atoms with Crippen molar-refractivity contribution in [2.45, 2.75) is 19.5 Å². The van der Waals surface area contributed by atoms with Crippen molar-refractivity contribution in [3.05, 3.63) is 101 Å². The molecule has 1 aromatic heterocycles. The van der Waals surface area contributed by atoms with E-state index in [1.54, 1.807) is 48.7 Å². The minimum atomic E-state index is -0.797. The van der Waals surface area contributed by atoms with Gasteiger partial charge in [-0.2, -0.15) is 0 Å². The number of Topliss-reactive ketones (excluding diaryl/α,β-unsaturated/α-hetero) is 1. The van der Waals surface area contributed by atoms with Gasteiger partial charge in [0.1, 0.15) is 11.5 Å². The lowest BCUT2D eigenvalue weighted by Crippen LogP contribution is -2.29. The van der Waals surface area contributed by atoms with Crippen LogP contribution in [-0.4, -0.2) is 31.8 Å². The van der Waals surface area contributed by atoms with Gasteiger partial charge in [-0.25, -0.2) is 0 Å². The zero-order valence-electron chi connectivity index (χ0n) is 16.3. The molecule has 0 bridgehead atoms. The predicted molar refractivity (Wildman–Crippen MR) is 111 cm³/mol. The van der Waals surface area contributed by atoms with Gasteiger partial charge >= 0.3 is 0 Å². The molecule has 6 nitrogen and oxygen atoms in total. The van der Waals surface area contributed by atoms with E-state index in [9.17, 15) is 19.8 Å². The van der Waals surface area contributed by atoms with Crippen molar-refractivity contribution in [3.8, 4) is 5.75 Å². The van der Waals surface area contributed by atoms with Crippen LogP contribution in [0.2, 0.25) is 0 Å². The number of phenolic OH excluding ortho intramolecular Hbond substituents is 1. The number of likely N-dealkylation sites (tertiary alicyclic amines) is 1. The van der Waals surface area contributed by atoms with Crippen LogP contribution in [0.25, 0.3) is 5.76 Å². The summed E-state index contributed by atoms with van der Waals surface area (Å²) in [5.74, 6) is -1.61. The molecule has 2 N–H and O–H groups in total. The molecule has 0 aliphatic carbocycles. The maximum Gasteiger partial charge on any atom is 0.296 e. The number of phenols is 1. The molecule has 1 saturated heterocycles. The van der Waals surface area contributed by atoms with Crippen LogP contribution < -0.4 is 0 Å². The maximum absolute atomic E-state index is 13.0. The van der Waals surface area contributed by atoms with Crippen molar-refractivity contribution in [3.63, 3.8) is 0 Å². The summed E-state index contributed by atoms with van der Waals surface area (Å²) in [4.78, 5) is 31.5. The lowest BCUT2D eigenvalue weighted by atomic mass is 9.95. The number of hydrogen-bond donors (Lipinski definition) is 2. The molecule has 0 radical (unpaired) electrons. The number of amides is 1. The molecule has 30 heavy (non-hydrogen) atoms. The Morgan fingerprint density at radius 3 is 2.33 bits per heavy atom. The highest BCUT2D eigenvalue weighted by Crippen LogP contribution is 2.40. The summed E-state index contributed by atoms with van der Waals surface area (Å²) in [7, 11) is 0. The standard InChI is InChI=1S/C24H20N2O4/c1-15-5-7-17(8-6-15)22(28)20-21(16-9-11-19(27)12-10-16)26(24(30)23(20)29)14-18-4-2-3-13-25-18/h2-13,21,27-28H,14H2,1H3/b22-20+.